The van der Waals surface area contributed by atoms with Crippen LogP contribution in [-0.2, 0) is 9.53 Å². The number of aromatic nitrogens is 2. The molecule has 6 heteroatoms. The molecule has 0 radical (unpaired) electrons. The molecule has 0 amide bonds. The first-order valence-electron chi connectivity index (χ1n) is 5.93. The van der Waals surface area contributed by atoms with Gasteiger partial charge in [-0.1, -0.05) is 25.4 Å². The second-order valence-corrected chi connectivity index (χ2v) is 5.50. The van der Waals surface area contributed by atoms with E-state index in [0.29, 0.717) is 9.79 Å². The van der Waals surface area contributed by atoms with E-state index in [2.05, 4.69) is 4.98 Å². The van der Waals surface area contributed by atoms with E-state index >= 15 is 0 Å². The number of benzene rings is 1. The van der Waals surface area contributed by atoms with Gasteiger partial charge in [-0.05, 0) is 36.3 Å². The maximum atomic E-state index is 12.0. The number of carbonyl (C=O) groups excluding carboxylic acids is 1. The van der Waals surface area contributed by atoms with Gasteiger partial charge in [0, 0.05) is 5.02 Å². The number of esters is 1. The summed E-state index contributed by atoms with van der Waals surface area (Å²) in [5.41, 5.74) is 1.66. The molecule has 1 aromatic carbocycles. The highest BCUT2D eigenvalue weighted by Gasteiger charge is 2.27. The van der Waals surface area contributed by atoms with E-state index < -0.39 is 6.04 Å². The standard InChI is InChI=1S/C13H15ClN2O2S/c1-7(2)11(12(17)18-3)16-10-6-8(14)4-5-9(10)15-13(16)19/h4-7,11H,1-3H3,(H,15,19). The number of aromatic amines is 1. The Morgan fingerprint density at radius 2 is 2.16 bits per heavy atom. The van der Waals surface area contributed by atoms with Gasteiger partial charge in [0.1, 0.15) is 6.04 Å². The minimum Gasteiger partial charge on any atom is -0.467 e. The van der Waals surface area contributed by atoms with E-state index in [0.717, 1.165) is 11.0 Å². The lowest BCUT2D eigenvalue weighted by molar-refractivity contribution is -0.145. The van der Waals surface area contributed by atoms with E-state index in [1.165, 1.54) is 7.11 Å². The van der Waals surface area contributed by atoms with Crippen LogP contribution in [0.15, 0.2) is 18.2 Å². The van der Waals surface area contributed by atoms with Gasteiger partial charge in [-0.3, -0.25) is 0 Å². The maximum Gasteiger partial charge on any atom is 0.329 e. The van der Waals surface area contributed by atoms with Gasteiger partial charge < -0.3 is 14.3 Å². The molecule has 2 rings (SSSR count). The third kappa shape index (κ3) is 2.53. The number of methoxy groups -OCH3 is 1. The molecule has 19 heavy (non-hydrogen) atoms. The molecule has 4 nitrogen and oxygen atoms in total. The van der Waals surface area contributed by atoms with Crippen LogP contribution in [0.1, 0.15) is 19.9 Å². The van der Waals surface area contributed by atoms with Crippen LogP contribution in [0.4, 0.5) is 0 Å². The Morgan fingerprint density at radius 1 is 1.47 bits per heavy atom. The Bertz CT molecular complexity index is 675. The average Bonchev–Trinajstić information content (AvgIpc) is 2.66. The Kier molecular flexibility index (Phi) is 3.96. The first kappa shape index (κ1) is 14.1. The first-order chi connectivity index (χ1) is 8.95. The number of hydrogen-bond acceptors (Lipinski definition) is 3. The van der Waals surface area contributed by atoms with Crippen molar-refractivity contribution < 1.29 is 9.53 Å². The predicted octanol–water partition coefficient (Wildman–Crippen LogP) is 3.72. The van der Waals surface area contributed by atoms with Crippen LogP contribution in [0.25, 0.3) is 11.0 Å². The molecule has 1 atom stereocenters. The molecular formula is C13H15ClN2O2S. The average molecular weight is 299 g/mol. The van der Waals surface area contributed by atoms with E-state index in [1.807, 2.05) is 19.9 Å². The van der Waals surface area contributed by atoms with Crippen LogP contribution < -0.4 is 0 Å². The van der Waals surface area contributed by atoms with Crippen molar-refractivity contribution in [1.82, 2.24) is 9.55 Å². The summed E-state index contributed by atoms with van der Waals surface area (Å²) in [6.45, 7) is 3.90. The lowest BCUT2D eigenvalue weighted by Crippen LogP contribution is -2.25. The zero-order valence-corrected chi connectivity index (χ0v) is 12.5. The first-order valence-corrected chi connectivity index (χ1v) is 6.72. The molecule has 102 valence electrons. The smallest absolute Gasteiger partial charge is 0.329 e. The number of nitrogens with one attached hydrogen (secondary N) is 1. The number of fused-ring (bicyclic) bond motifs is 1. The van der Waals surface area contributed by atoms with Crippen molar-refractivity contribution in [1.29, 1.82) is 0 Å². The highest BCUT2D eigenvalue weighted by molar-refractivity contribution is 7.71. The summed E-state index contributed by atoms with van der Waals surface area (Å²) < 4.78 is 7.14. The highest BCUT2D eigenvalue weighted by atomic mass is 35.5. The number of rotatable bonds is 3. The molecule has 1 N–H and O–H groups in total. The molecule has 2 aromatic rings. The SMILES string of the molecule is COC(=O)C(C(C)C)n1c(=S)[nH]c2ccc(Cl)cc21. The van der Waals surface area contributed by atoms with Crippen molar-refractivity contribution in [2.45, 2.75) is 19.9 Å². The summed E-state index contributed by atoms with van der Waals surface area (Å²) in [6, 6.07) is 4.95. The highest BCUT2D eigenvalue weighted by Crippen LogP contribution is 2.27. The van der Waals surface area contributed by atoms with Crippen molar-refractivity contribution in [2.75, 3.05) is 7.11 Å². The fourth-order valence-electron chi connectivity index (χ4n) is 2.17. The molecule has 0 saturated carbocycles. The number of imidazole rings is 1. The molecule has 1 heterocycles. The largest absolute Gasteiger partial charge is 0.467 e. The number of nitrogens with zero attached hydrogens (tertiary/aromatic N) is 1. The van der Waals surface area contributed by atoms with E-state index in [9.17, 15) is 4.79 Å². The quantitative estimate of drug-likeness (QED) is 0.694. The van der Waals surface area contributed by atoms with Crippen molar-refractivity contribution >= 4 is 40.8 Å². The molecule has 0 bridgehead atoms. The van der Waals surface area contributed by atoms with Crippen LogP contribution in [0.2, 0.25) is 5.02 Å². The molecule has 0 aliphatic rings. The summed E-state index contributed by atoms with van der Waals surface area (Å²) >= 11 is 11.3. The zero-order valence-electron chi connectivity index (χ0n) is 10.9. The number of halogens is 1. The van der Waals surface area contributed by atoms with Gasteiger partial charge in [-0.25, -0.2) is 4.79 Å². The van der Waals surface area contributed by atoms with Crippen molar-refractivity contribution in [3.63, 3.8) is 0 Å². The normalized spacial score (nSPS) is 12.9. The summed E-state index contributed by atoms with van der Waals surface area (Å²) in [7, 11) is 1.38. The number of H-pyrrole nitrogens is 1. The van der Waals surface area contributed by atoms with Crippen LogP contribution >= 0.6 is 23.8 Å². The third-order valence-corrected chi connectivity index (χ3v) is 3.57. The van der Waals surface area contributed by atoms with Crippen molar-refractivity contribution in [3.8, 4) is 0 Å². The lowest BCUT2D eigenvalue weighted by Gasteiger charge is -2.20. The lowest BCUT2D eigenvalue weighted by atomic mass is 10.0. The Balaban J connectivity index is 2.72. The molecule has 0 aliphatic carbocycles. The van der Waals surface area contributed by atoms with Gasteiger partial charge in [0.05, 0.1) is 18.1 Å². The predicted molar refractivity (Wildman–Crippen MR) is 78.0 cm³/mol. The summed E-state index contributed by atoms with van der Waals surface area (Å²) in [4.78, 5) is 15.1. The number of ether oxygens (including phenoxy) is 1. The molecular weight excluding hydrogens is 284 g/mol. The fraction of sp³-hybridized carbons (Fsp3) is 0.385. The molecule has 1 aromatic heterocycles. The Morgan fingerprint density at radius 3 is 2.74 bits per heavy atom. The van der Waals surface area contributed by atoms with Gasteiger partial charge in [-0.2, -0.15) is 0 Å². The van der Waals surface area contributed by atoms with Crippen LogP contribution in [0.3, 0.4) is 0 Å². The summed E-state index contributed by atoms with van der Waals surface area (Å²) in [6.07, 6.45) is 0. The monoisotopic (exact) mass is 298 g/mol. The van der Waals surface area contributed by atoms with E-state index in [-0.39, 0.29) is 11.9 Å². The number of carbonyl (C=O) groups is 1. The molecule has 0 aliphatic heterocycles. The minimum absolute atomic E-state index is 0.0529. The van der Waals surface area contributed by atoms with Gasteiger partial charge in [-0.15, -0.1) is 0 Å². The minimum atomic E-state index is -0.468. The molecule has 0 fully saturated rings. The third-order valence-electron chi connectivity index (χ3n) is 3.03. The van der Waals surface area contributed by atoms with Crippen LogP contribution in [-0.4, -0.2) is 22.6 Å². The fourth-order valence-corrected chi connectivity index (χ4v) is 2.66. The van der Waals surface area contributed by atoms with Crippen molar-refractivity contribution in [3.05, 3.63) is 28.0 Å². The molecule has 0 saturated heterocycles. The van der Waals surface area contributed by atoms with Crippen LogP contribution in [0.5, 0.6) is 0 Å². The molecule has 1 unspecified atom stereocenters. The zero-order chi connectivity index (χ0) is 14.2. The summed E-state index contributed by atoms with van der Waals surface area (Å²) in [5, 5.41) is 0.600. The van der Waals surface area contributed by atoms with E-state index in [1.54, 1.807) is 16.7 Å². The van der Waals surface area contributed by atoms with Crippen LogP contribution in [0, 0.1) is 10.7 Å². The maximum absolute atomic E-state index is 12.0. The Hall–Kier alpha value is -1.33. The van der Waals surface area contributed by atoms with Gasteiger partial charge in [0.25, 0.3) is 0 Å². The summed E-state index contributed by atoms with van der Waals surface area (Å²) in [5.74, 6) is -0.260. The molecule has 0 spiro atoms. The second kappa shape index (κ2) is 5.35. The second-order valence-electron chi connectivity index (χ2n) is 4.67. The van der Waals surface area contributed by atoms with Gasteiger partial charge in [0.2, 0.25) is 0 Å². The Labute approximate surface area is 121 Å². The topological polar surface area (TPSA) is 47.0 Å². The number of hydrogen-bond donors (Lipinski definition) is 1. The van der Waals surface area contributed by atoms with Gasteiger partial charge in [0.15, 0.2) is 4.77 Å². The van der Waals surface area contributed by atoms with Gasteiger partial charge >= 0.3 is 5.97 Å². The van der Waals surface area contributed by atoms with E-state index in [4.69, 9.17) is 28.6 Å². The van der Waals surface area contributed by atoms with Crippen molar-refractivity contribution in [2.24, 2.45) is 5.92 Å².